The molecule has 0 radical (unpaired) electrons. The molecule has 0 N–H and O–H groups in total. The van der Waals surface area contributed by atoms with Crippen LogP contribution in [0.4, 0.5) is 0 Å². The largest absolute Gasteiger partial charge is 0.455 e. The molecule has 0 unspecified atom stereocenters. The molecule has 0 aliphatic heterocycles. The van der Waals surface area contributed by atoms with Crippen molar-refractivity contribution in [2.24, 2.45) is 0 Å². The molecular formula is C49H31N3O. The fraction of sp³-hybridized carbons (Fsp3) is 0. The van der Waals surface area contributed by atoms with Crippen LogP contribution in [-0.2, 0) is 0 Å². The molecule has 0 atom stereocenters. The summed E-state index contributed by atoms with van der Waals surface area (Å²) in [5.74, 6) is 1.76. The molecule has 0 bridgehead atoms. The van der Waals surface area contributed by atoms with E-state index in [1.54, 1.807) is 0 Å². The lowest BCUT2D eigenvalue weighted by molar-refractivity contribution is 0.669. The zero-order valence-corrected chi connectivity index (χ0v) is 28.6. The maximum Gasteiger partial charge on any atom is 0.167 e. The van der Waals surface area contributed by atoms with Gasteiger partial charge < -0.3 is 4.42 Å². The molecule has 10 rings (SSSR count). The van der Waals surface area contributed by atoms with Gasteiger partial charge in [0.05, 0.1) is 5.56 Å². The first-order valence-corrected chi connectivity index (χ1v) is 17.8. The predicted octanol–water partition coefficient (Wildman–Crippen LogP) is 12.9. The minimum atomic E-state index is 0.561. The predicted molar refractivity (Wildman–Crippen MR) is 217 cm³/mol. The average molecular weight is 678 g/mol. The van der Waals surface area contributed by atoms with Crippen molar-refractivity contribution < 1.29 is 4.42 Å². The van der Waals surface area contributed by atoms with E-state index in [1.165, 1.54) is 11.1 Å². The summed E-state index contributed by atoms with van der Waals surface area (Å²) < 4.78 is 6.47. The van der Waals surface area contributed by atoms with Crippen LogP contribution in [-0.4, -0.2) is 15.0 Å². The van der Waals surface area contributed by atoms with Gasteiger partial charge in [0.15, 0.2) is 17.5 Å². The Kier molecular flexibility index (Phi) is 7.43. The number of aromatic nitrogens is 3. The molecule has 4 heteroatoms. The van der Waals surface area contributed by atoms with Crippen molar-refractivity contribution in [3.63, 3.8) is 0 Å². The highest BCUT2D eigenvalue weighted by atomic mass is 16.3. The Morgan fingerprint density at radius 3 is 1.60 bits per heavy atom. The third-order valence-electron chi connectivity index (χ3n) is 9.96. The first-order valence-electron chi connectivity index (χ1n) is 17.8. The Labute approximate surface area is 306 Å². The van der Waals surface area contributed by atoms with E-state index in [4.69, 9.17) is 19.4 Å². The summed E-state index contributed by atoms with van der Waals surface area (Å²) in [4.78, 5) is 15.5. The van der Waals surface area contributed by atoms with Crippen LogP contribution in [0.2, 0.25) is 0 Å². The Morgan fingerprint density at radius 2 is 0.811 bits per heavy atom. The number of nitrogens with zero attached hydrogens (tertiary/aromatic N) is 3. The third kappa shape index (κ3) is 5.63. The van der Waals surface area contributed by atoms with Crippen molar-refractivity contribution in [1.29, 1.82) is 0 Å². The van der Waals surface area contributed by atoms with E-state index in [2.05, 4.69) is 146 Å². The molecule has 248 valence electrons. The molecule has 2 aromatic heterocycles. The van der Waals surface area contributed by atoms with Crippen molar-refractivity contribution in [3.05, 3.63) is 188 Å². The van der Waals surface area contributed by atoms with E-state index < -0.39 is 0 Å². The van der Waals surface area contributed by atoms with Crippen LogP contribution in [0.3, 0.4) is 0 Å². The van der Waals surface area contributed by atoms with Crippen LogP contribution in [0.1, 0.15) is 0 Å². The van der Waals surface area contributed by atoms with Gasteiger partial charge in [-0.3, -0.25) is 0 Å². The summed E-state index contributed by atoms with van der Waals surface area (Å²) in [6.07, 6.45) is 0. The van der Waals surface area contributed by atoms with Crippen LogP contribution >= 0.6 is 0 Å². The summed E-state index contributed by atoms with van der Waals surface area (Å²) in [7, 11) is 0. The van der Waals surface area contributed by atoms with Gasteiger partial charge in [-0.2, -0.15) is 0 Å². The molecule has 4 nitrogen and oxygen atoms in total. The summed E-state index contributed by atoms with van der Waals surface area (Å²) in [6.45, 7) is 0. The number of hydrogen-bond acceptors (Lipinski definition) is 4. The first kappa shape index (κ1) is 30.6. The minimum absolute atomic E-state index is 0.561. The molecule has 0 aliphatic rings. The van der Waals surface area contributed by atoms with Gasteiger partial charge in [0.2, 0.25) is 0 Å². The quantitative estimate of drug-likeness (QED) is 0.176. The molecule has 53 heavy (non-hydrogen) atoms. The molecule has 0 amide bonds. The maximum atomic E-state index is 6.47. The van der Waals surface area contributed by atoms with E-state index in [1.807, 2.05) is 42.5 Å². The Hall–Kier alpha value is -7.17. The monoisotopic (exact) mass is 677 g/mol. The number of rotatable bonds is 6. The highest BCUT2D eigenvalue weighted by molar-refractivity contribution is 6.09. The number of furan rings is 1. The van der Waals surface area contributed by atoms with E-state index in [0.717, 1.165) is 71.7 Å². The Morgan fingerprint density at radius 1 is 0.302 bits per heavy atom. The van der Waals surface area contributed by atoms with E-state index in [9.17, 15) is 0 Å². The molecule has 0 fully saturated rings. The van der Waals surface area contributed by atoms with Crippen molar-refractivity contribution in [2.75, 3.05) is 0 Å². The van der Waals surface area contributed by atoms with Crippen LogP contribution in [0.25, 0.3) is 100 Å². The van der Waals surface area contributed by atoms with Crippen molar-refractivity contribution in [2.45, 2.75) is 0 Å². The molecule has 0 saturated carbocycles. The summed E-state index contributed by atoms with van der Waals surface area (Å²) in [6, 6.07) is 65.3. The summed E-state index contributed by atoms with van der Waals surface area (Å²) in [5.41, 5.74) is 11.2. The van der Waals surface area contributed by atoms with Gasteiger partial charge in [0, 0.05) is 21.9 Å². The number of hydrogen-bond donors (Lipinski definition) is 0. The second-order valence-corrected chi connectivity index (χ2v) is 13.2. The fourth-order valence-electron chi connectivity index (χ4n) is 7.27. The second-order valence-electron chi connectivity index (χ2n) is 13.2. The van der Waals surface area contributed by atoms with Crippen LogP contribution < -0.4 is 0 Å². The molecular weight excluding hydrogens is 647 g/mol. The van der Waals surface area contributed by atoms with Crippen LogP contribution in [0, 0.1) is 0 Å². The topological polar surface area (TPSA) is 51.8 Å². The third-order valence-corrected chi connectivity index (χ3v) is 9.96. The van der Waals surface area contributed by atoms with Crippen LogP contribution in [0.5, 0.6) is 0 Å². The number of fused-ring (bicyclic) bond motifs is 4. The SMILES string of the molecule is c1ccc(-c2ccc(-c3nc(-c4cccc5ccc(-c6cccc(-c7ccccc7)c6)cc45)nc(-c4cccc5c4oc4ccccc45)n3)cc2)cc1. The van der Waals surface area contributed by atoms with E-state index in [-0.39, 0.29) is 0 Å². The standard InChI is InChI=1S/C49H31N3O/c1-3-12-32(13-4-1)34-24-27-36(28-25-34)47-50-48(52-49(51-47)43-22-11-20-41-40-19-7-8-23-45(40)53-46(41)43)42-21-10-16-35-26-29-39(31-44(35)42)38-18-9-17-37(30-38)33-14-5-2-6-15-33/h1-31H. The fourth-order valence-corrected chi connectivity index (χ4v) is 7.27. The molecule has 0 spiro atoms. The lowest BCUT2D eigenvalue weighted by atomic mass is 9.95. The van der Waals surface area contributed by atoms with Gasteiger partial charge in [-0.15, -0.1) is 0 Å². The Balaban J connectivity index is 1.15. The van der Waals surface area contributed by atoms with Gasteiger partial charge in [-0.05, 0) is 68.4 Å². The smallest absolute Gasteiger partial charge is 0.167 e. The lowest BCUT2D eigenvalue weighted by Crippen LogP contribution is -2.01. The molecule has 2 heterocycles. The normalized spacial score (nSPS) is 11.4. The first-order chi connectivity index (χ1) is 26.2. The molecule has 0 aliphatic carbocycles. The maximum absolute atomic E-state index is 6.47. The lowest BCUT2D eigenvalue weighted by Gasteiger charge is -2.12. The zero-order chi connectivity index (χ0) is 35.1. The molecule has 0 saturated heterocycles. The summed E-state index contributed by atoms with van der Waals surface area (Å²) in [5, 5.41) is 4.27. The summed E-state index contributed by atoms with van der Waals surface area (Å²) >= 11 is 0. The number of para-hydroxylation sites is 2. The average Bonchev–Trinajstić information content (AvgIpc) is 3.63. The highest BCUT2D eigenvalue weighted by Gasteiger charge is 2.19. The zero-order valence-electron chi connectivity index (χ0n) is 28.6. The van der Waals surface area contributed by atoms with Gasteiger partial charge in [-0.25, -0.2) is 15.0 Å². The Bertz CT molecular complexity index is 2930. The second kappa shape index (κ2) is 12.9. The van der Waals surface area contributed by atoms with Crippen molar-refractivity contribution >= 4 is 32.7 Å². The molecule has 10 aromatic rings. The van der Waals surface area contributed by atoms with Gasteiger partial charge in [-0.1, -0.05) is 164 Å². The van der Waals surface area contributed by atoms with Crippen molar-refractivity contribution in [3.8, 4) is 67.5 Å². The van der Waals surface area contributed by atoms with E-state index >= 15 is 0 Å². The van der Waals surface area contributed by atoms with Gasteiger partial charge in [0.1, 0.15) is 11.2 Å². The minimum Gasteiger partial charge on any atom is -0.455 e. The van der Waals surface area contributed by atoms with Gasteiger partial charge >= 0.3 is 0 Å². The van der Waals surface area contributed by atoms with E-state index in [0.29, 0.717) is 17.5 Å². The molecule has 8 aromatic carbocycles. The number of benzene rings is 8. The highest BCUT2D eigenvalue weighted by Crippen LogP contribution is 2.38. The van der Waals surface area contributed by atoms with Crippen molar-refractivity contribution in [1.82, 2.24) is 15.0 Å². The van der Waals surface area contributed by atoms with Crippen LogP contribution in [0.15, 0.2) is 192 Å². The van der Waals surface area contributed by atoms with Gasteiger partial charge in [0.25, 0.3) is 0 Å².